The molecule has 1 aromatic rings. The Kier molecular flexibility index (Phi) is 15.6. The molecule has 0 spiro atoms. The summed E-state index contributed by atoms with van der Waals surface area (Å²) >= 11 is 0. The van der Waals surface area contributed by atoms with E-state index in [1.807, 2.05) is 36.4 Å². The molecule has 0 radical (unpaired) electrons. The first-order chi connectivity index (χ1) is 9.77. The van der Waals surface area contributed by atoms with Gasteiger partial charge in [0.1, 0.15) is 0 Å². The van der Waals surface area contributed by atoms with Crippen LogP contribution < -0.4 is 0 Å². The van der Waals surface area contributed by atoms with Crippen LogP contribution in [0.4, 0.5) is 0 Å². The molecule has 1 saturated carbocycles. The van der Waals surface area contributed by atoms with E-state index < -0.39 is 0 Å². The largest absolute Gasteiger partial charge is 0.0654 e. The van der Waals surface area contributed by atoms with E-state index in [9.17, 15) is 0 Å². The van der Waals surface area contributed by atoms with Gasteiger partial charge in [0.25, 0.3) is 0 Å². The lowest BCUT2D eigenvalue weighted by Gasteiger charge is -2.05. The van der Waals surface area contributed by atoms with Gasteiger partial charge in [-0.3, -0.25) is 0 Å². The van der Waals surface area contributed by atoms with Crippen LogP contribution in [0.15, 0.2) is 36.4 Å². The van der Waals surface area contributed by atoms with Crippen LogP contribution in [0.1, 0.15) is 85.0 Å². The Balaban J connectivity index is 0.000000274. The lowest BCUT2D eigenvalue weighted by Crippen LogP contribution is -1.85. The van der Waals surface area contributed by atoms with Gasteiger partial charge in [0, 0.05) is 0 Å². The van der Waals surface area contributed by atoms with Crippen LogP contribution in [0.3, 0.4) is 0 Å². The van der Waals surface area contributed by atoms with Crippen LogP contribution in [-0.4, -0.2) is 0 Å². The Morgan fingerprint density at radius 3 is 1.25 bits per heavy atom. The summed E-state index contributed by atoms with van der Waals surface area (Å²) in [5.74, 6) is 0.904. The van der Waals surface area contributed by atoms with Gasteiger partial charge in [-0.15, -0.1) is 0 Å². The fourth-order valence-electron chi connectivity index (χ4n) is 2.25. The van der Waals surface area contributed by atoms with Crippen molar-refractivity contribution in [3.05, 3.63) is 36.4 Å². The number of hydrogen-bond acceptors (Lipinski definition) is 0. The topological polar surface area (TPSA) is 0 Å². The molecule has 0 saturated heterocycles. The van der Waals surface area contributed by atoms with Crippen molar-refractivity contribution >= 4 is 0 Å². The third kappa shape index (κ3) is 17.2. The summed E-state index contributed by atoms with van der Waals surface area (Å²) in [5.41, 5.74) is 0. The first-order valence-electron chi connectivity index (χ1n) is 8.77. The van der Waals surface area contributed by atoms with E-state index in [0.717, 1.165) is 5.92 Å². The molecule has 1 aromatic carbocycles. The van der Waals surface area contributed by atoms with Crippen molar-refractivity contribution in [1.82, 2.24) is 0 Å². The van der Waals surface area contributed by atoms with Crippen molar-refractivity contribution < 1.29 is 0 Å². The normalized spacial score (nSPS) is 13.8. The van der Waals surface area contributed by atoms with Crippen molar-refractivity contribution in [2.45, 2.75) is 85.0 Å². The monoisotopic (exact) mass is 276 g/mol. The SMILES string of the molecule is C1CCCCC1.CCCCCC(C)C.c1ccccc1. The fourth-order valence-corrected chi connectivity index (χ4v) is 2.25. The van der Waals surface area contributed by atoms with Crippen molar-refractivity contribution in [2.75, 3.05) is 0 Å². The van der Waals surface area contributed by atoms with Gasteiger partial charge >= 0.3 is 0 Å². The van der Waals surface area contributed by atoms with Gasteiger partial charge in [-0.1, -0.05) is 121 Å². The Hall–Kier alpha value is -0.780. The molecular weight excluding hydrogens is 240 g/mol. The molecule has 1 aliphatic carbocycles. The molecule has 0 unspecified atom stereocenters. The highest BCUT2D eigenvalue weighted by molar-refractivity contribution is 4.99. The van der Waals surface area contributed by atoms with E-state index >= 15 is 0 Å². The smallest absolute Gasteiger partial charge is 0.0471 e. The molecule has 0 atom stereocenters. The van der Waals surface area contributed by atoms with Crippen LogP contribution in [-0.2, 0) is 0 Å². The summed E-state index contributed by atoms with van der Waals surface area (Å²) in [7, 11) is 0. The van der Waals surface area contributed by atoms with Gasteiger partial charge in [0.05, 0.1) is 0 Å². The van der Waals surface area contributed by atoms with E-state index in [1.54, 1.807) is 0 Å². The minimum atomic E-state index is 0.904. The molecule has 20 heavy (non-hydrogen) atoms. The van der Waals surface area contributed by atoms with Crippen molar-refractivity contribution in [2.24, 2.45) is 5.92 Å². The van der Waals surface area contributed by atoms with Crippen LogP contribution in [0.25, 0.3) is 0 Å². The van der Waals surface area contributed by atoms with E-state index in [4.69, 9.17) is 0 Å². The van der Waals surface area contributed by atoms with E-state index in [2.05, 4.69) is 20.8 Å². The van der Waals surface area contributed by atoms with Crippen molar-refractivity contribution in [3.63, 3.8) is 0 Å². The summed E-state index contributed by atoms with van der Waals surface area (Å²) in [6, 6.07) is 12.0. The first-order valence-corrected chi connectivity index (χ1v) is 8.77. The summed E-state index contributed by atoms with van der Waals surface area (Å²) in [6.07, 6.45) is 14.6. The van der Waals surface area contributed by atoms with E-state index in [0.29, 0.717) is 0 Å². The zero-order chi connectivity index (χ0) is 14.9. The Morgan fingerprint density at radius 1 is 0.650 bits per heavy atom. The van der Waals surface area contributed by atoms with Crippen LogP contribution >= 0.6 is 0 Å². The molecule has 1 aliphatic rings. The van der Waals surface area contributed by atoms with Crippen LogP contribution in [0.5, 0.6) is 0 Å². The molecule has 0 nitrogen and oxygen atoms in total. The molecule has 2 rings (SSSR count). The standard InChI is InChI=1S/C8H18.C6H12.C6H6/c1-4-5-6-7-8(2)3;2*1-2-4-6-5-3-1/h8H,4-7H2,1-3H3;1-6H2;1-6H. The average Bonchev–Trinajstić information content (AvgIpc) is 2.52. The van der Waals surface area contributed by atoms with Crippen molar-refractivity contribution in [1.29, 1.82) is 0 Å². The fraction of sp³-hybridized carbons (Fsp3) is 0.700. The van der Waals surface area contributed by atoms with Crippen molar-refractivity contribution in [3.8, 4) is 0 Å². The third-order valence-electron chi connectivity index (χ3n) is 3.55. The molecule has 116 valence electrons. The predicted molar refractivity (Wildman–Crippen MR) is 93.1 cm³/mol. The summed E-state index contributed by atoms with van der Waals surface area (Å²) in [4.78, 5) is 0. The molecule has 0 heteroatoms. The quantitative estimate of drug-likeness (QED) is 0.508. The summed E-state index contributed by atoms with van der Waals surface area (Å²) in [6.45, 7) is 6.83. The Labute approximate surface area is 128 Å². The van der Waals surface area contributed by atoms with E-state index in [1.165, 1.54) is 64.2 Å². The number of rotatable bonds is 4. The maximum Gasteiger partial charge on any atom is -0.0471 e. The number of unbranched alkanes of at least 4 members (excludes halogenated alkanes) is 2. The molecule has 0 N–H and O–H groups in total. The minimum Gasteiger partial charge on any atom is -0.0654 e. The molecule has 1 fully saturated rings. The Bertz CT molecular complexity index is 208. The first kappa shape index (κ1) is 19.2. The lowest BCUT2D eigenvalue weighted by molar-refractivity contribution is 0.504. The van der Waals surface area contributed by atoms with Gasteiger partial charge in [0.15, 0.2) is 0 Å². The maximum absolute atomic E-state index is 2.29. The number of benzene rings is 1. The summed E-state index contributed by atoms with van der Waals surface area (Å²) < 4.78 is 0. The highest BCUT2D eigenvalue weighted by atomic mass is 14.0. The second-order valence-corrected chi connectivity index (χ2v) is 6.17. The average molecular weight is 277 g/mol. The zero-order valence-electron chi connectivity index (χ0n) is 14.1. The third-order valence-corrected chi connectivity index (χ3v) is 3.55. The lowest BCUT2D eigenvalue weighted by atomic mass is 10.0. The zero-order valence-corrected chi connectivity index (χ0v) is 14.1. The molecule has 0 aliphatic heterocycles. The van der Waals surface area contributed by atoms with Gasteiger partial charge in [-0.25, -0.2) is 0 Å². The molecule has 0 bridgehead atoms. The van der Waals surface area contributed by atoms with Gasteiger partial charge in [-0.2, -0.15) is 0 Å². The second-order valence-electron chi connectivity index (χ2n) is 6.17. The minimum absolute atomic E-state index is 0.904. The second kappa shape index (κ2) is 16.3. The van der Waals surface area contributed by atoms with Gasteiger partial charge in [0.2, 0.25) is 0 Å². The van der Waals surface area contributed by atoms with Crippen LogP contribution in [0.2, 0.25) is 0 Å². The maximum atomic E-state index is 2.29. The number of hydrogen-bond donors (Lipinski definition) is 0. The van der Waals surface area contributed by atoms with Gasteiger partial charge < -0.3 is 0 Å². The van der Waals surface area contributed by atoms with E-state index in [-0.39, 0.29) is 0 Å². The molecule has 0 heterocycles. The molecule has 0 aromatic heterocycles. The Morgan fingerprint density at radius 2 is 1.00 bits per heavy atom. The summed E-state index contributed by atoms with van der Waals surface area (Å²) in [5, 5.41) is 0. The van der Waals surface area contributed by atoms with Crippen LogP contribution in [0, 0.1) is 5.92 Å². The molecular formula is C20H36. The predicted octanol–water partition coefficient (Wildman–Crippen LogP) is 7.25. The highest BCUT2D eigenvalue weighted by Crippen LogP contribution is 2.15. The highest BCUT2D eigenvalue weighted by Gasteiger charge is 1.95. The van der Waals surface area contributed by atoms with Gasteiger partial charge in [-0.05, 0) is 5.92 Å². The molecule has 0 amide bonds.